The molecule has 3 heterocycles. The third-order valence-corrected chi connectivity index (χ3v) is 6.41. The van der Waals surface area contributed by atoms with Crippen molar-refractivity contribution >= 4 is 44.6 Å². The van der Waals surface area contributed by atoms with E-state index in [-0.39, 0.29) is 5.91 Å². The highest BCUT2D eigenvalue weighted by Gasteiger charge is 2.25. The van der Waals surface area contributed by atoms with Gasteiger partial charge in [0.15, 0.2) is 0 Å². The van der Waals surface area contributed by atoms with E-state index >= 15 is 0 Å². The van der Waals surface area contributed by atoms with Gasteiger partial charge in [-0.15, -0.1) is 11.3 Å². The topological polar surface area (TPSA) is 33.2 Å². The molecule has 0 aliphatic carbocycles. The fraction of sp³-hybridized carbons (Fsp3) is 0.130. The summed E-state index contributed by atoms with van der Waals surface area (Å²) in [5.41, 5.74) is 5.58. The molecule has 1 aliphatic heterocycles. The van der Waals surface area contributed by atoms with E-state index in [4.69, 9.17) is 11.6 Å². The highest BCUT2D eigenvalue weighted by molar-refractivity contribution is 7.17. The van der Waals surface area contributed by atoms with Crippen LogP contribution in [0.5, 0.6) is 0 Å². The molecule has 138 valence electrons. The van der Waals surface area contributed by atoms with Crippen LogP contribution in [0.1, 0.15) is 11.1 Å². The lowest BCUT2D eigenvalue weighted by atomic mass is 10.0. The number of halogens is 1. The summed E-state index contributed by atoms with van der Waals surface area (Å²) in [6, 6.07) is 16.0. The summed E-state index contributed by atoms with van der Waals surface area (Å²) in [5.74, 6) is 0.110. The van der Waals surface area contributed by atoms with Crippen LogP contribution in [0.2, 0.25) is 5.02 Å². The van der Waals surface area contributed by atoms with Crippen molar-refractivity contribution in [3.05, 3.63) is 82.5 Å². The number of amides is 1. The maximum absolute atomic E-state index is 12.9. The molecule has 28 heavy (non-hydrogen) atoms. The number of fused-ring (bicyclic) bond motifs is 2. The average Bonchev–Trinajstić information content (AvgIpc) is 3.31. The van der Waals surface area contributed by atoms with Crippen molar-refractivity contribution in [2.45, 2.75) is 12.8 Å². The van der Waals surface area contributed by atoms with Gasteiger partial charge in [0.25, 0.3) is 0 Å². The van der Waals surface area contributed by atoms with Gasteiger partial charge >= 0.3 is 0 Å². The molecule has 0 spiro atoms. The van der Waals surface area contributed by atoms with E-state index in [1.807, 2.05) is 47.6 Å². The van der Waals surface area contributed by atoms with Crippen molar-refractivity contribution in [3.8, 4) is 11.1 Å². The van der Waals surface area contributed by atoms with Crippen LogP contribution in [-0.4, -0.2) is 17.4 Å². The molecule has 0 fully saturated rings. The van der Waals surface area contributed by atoms with Crippen LogP contribution in [0.25, 0.3) is 21.2 Å². The zero-order chi connectivity index (χ0) is 19.1. The Balaban J connectivity index is 1.43. The van der Waals surface area contributed by atoms with Crippen LogP contribution >= 0.6 is 22.9 Å². The van der Waals surface area contributed by atoms with E-state index in [1.165, 1.54) is 26.8 Å². The van der Waals surface area contributed by atoms with Crippen molar-refractivity contribution in [2.75, 3.05) is 11.4 Å². The van der Waals surface area contributed by atoms with Gasteiger partial charge in [-0.3, -0.25) is 9.78 Å². The van der Waals surface area contributed by atoms with Gasteiger partial charge in [-0.05, 0) is 58.8 Å². The maximum atomic E-state index is 12.9. The molecule has 5 rings (SSSR count). The number of hydrogen-bond donors (Lipinski definition) is 0. The molecule has 5 heteroatoms. The molecule has 1 aliphatic rings. The molecule has 0 radical (unpaired) electrons. The van der Waals surface area contributed by atoms with Gasteiger partial charge in [0, 0.05) is 45.3 Å². The van der Waals surface area contributed by atoms with E-state index in [9.17, 15) is 4.79 Å². The first kappa shape index (κ1) is 17.4. The van der Waals surface area contributed by atoms with Crippen LogP contribution in [-0.2, 0) is 17.6 Å². The quantitative estimate of drug-likeness (QED) is 0.435. The Hall–Kier alpha value is -2.69. The number of carbonyl (C=O) groups is 1. The lowest BCUT2D eigenvalue weighted by Gasteiger charge is -2.18. The normalized spacial score (nSPS) is 13.1. The van der Waals surface area contributed by atoms with Gasteiger partial charge in [-0.25, -0.2) is 0 Å². The Morgan fingerprint density at radius 2 is 2.11 bits per heavy atom. The van der Waals surface area contributed by atoms with Crippen LogP contribution < -0.4 is 4.90 Å². The summed E-state index contributed by atoms with van der Waals surface area (Å²) < 4.78 is 1.24. The van der Waals surface area contributed by atoms with Crippen LogP contribution in [0, 0.1) is 0 Å². The Morgan fingerprint density at radius 3 is 3.00 bits per heavy atom. The van der Waals surface area contributed by atoms with Crippen LogP contribution in [0.3, 0.4) is 0 Å². The van der Waals surface area contributed by atoms with Crippen molar-refractivity contribution < 1.29 is 4.79 Å². The lowest BCUT2D eigenvalue weighted by molar-refractivity contribution is -0.117. The van der Waals surface area contributed by atoms with Crippen molar-refractivity contribution in [1.29, 1.82) is 0 Å². The number of anilines is 1. The van der Waals surface area contributed by atoms with E-state index in [2.05, 4.69) is 28.6 Å². The van der Waals surface area contributed by atoms with E-state index in [0.29, 0.717) is 11.4 Å². The number of pyridine rings is 1. The number of benzene rings is 2. The molecule has 0 unspecified atom stereocenters. The SMILES string of the molecule is O=C(Cc1cccc(Cl)c1)N1CCc2cc(-c3csc4ccncc34)ccc21. The highest BCUT2D eigenvalue weighted by Crippen LogP contribution is 2.37. The standard InChI is InChI=1S/C23H17ClN2OS/c24-18-3-1-2-15(10-18)11-23(27)26-9-7-17-12-16(4-5-21(17)26)20-14-28-22-6-8-25-13-19(20)22/h1-6,8,10,12-14H,7,9,11H2. The van der Waals surface area contributed by atoms with Crippen molar-refractivity contribution in [2.24, 2.45) is 0 Å². The van der Waals surface area contributed by atoms with Gasteiger partial charge in [0.05, 0.1) is 6.42 Å². The molecule has 0 saturated carbocycles. The Labute approximate surface area is 172 Å². The first-order valence-electron chi connectivity index (χ1n) is 9.18. The zero-order valence-electron chi connectivity index (χ0n) is 15.1. The minimum atomic E-state index is 0.110. The number of rotatable bonds is 3. The Kier molecular flexibility index (Phi) is 4.38. The van der Waals surface area contributed by atoms with E-state index < -0.39 is 0 Å². The summed E-state index contributed by atoms with van der Waals surface area (Å²) in [7, 11) is 0. The summed E-state index contributed by atoms with van der Waals surface area (Å²) in [6.45, 7) is 0.726. The summed E-state index contributed by atoms with van der Waals surface area (Å²) in [6.07, 6.45) is 5.00. The second-order valence-corrected chi connectivity index (χ2v) is 8.31. The number of carbonyl (C=O) groups excluding carboxylic acids is 1. The predicted molar refractivity (Wildman–Crippen MR) is 116 cm³/mol. The fourth-order valence-electron chi connectivity index (χ4n) is 3.84. The number of hydrogen-bond acceptors (Lipinski definition) is 3. The van der Waals surface area contributed by atoms with Gasteiger partial charge in [-0.2, -0.15) is 0 Å². The minimum absolute atomic E-state index is 0.110. The number of thiophene rings is 1. The van der Waals surface area contributed by atoms with Crippen LogP contribution in [0.15, 0.2) is 66.3 Å². The number of aromatic nitrogens is 1. The highest BCUT2D eigenvalue weighted by atomic mass is 35.5. The molecular weight excluding hydrogens is 388 g/mol. The van der Waals surface area contributed by atoms with E-state index in [1.54, 1.807) is 11.3 Å². The summed E-state index contributed by atoms with van der Waals surface area (Å²) in [5, 5.41) is 4.03. The summed E-state index contributed by atoms with van der Waals surface area (Å²) in [4.78, 5) is 19.0. The first-order chi connectivity index (χ1) is 13.7. The van der Waals surface area contributed by atoms with Gasteiger partial charge in [0.2, 0.25) is 5.91 Å². The maximum Gasteiger partial charge on any atom is 0.231 e. The van der Waals surface area contributed by atoms with Gasteiger partial charge in [-0.1, -0.05) is 29.8 Å². The van der Waals surface area contributed by atoms with Crippen molar-refractivity contribution in [3.63, 3.8) is 0 Å². The monoisotopic (exact) mass is 404 g/mol. The van der Waals surface area contributed by atoms with Gasteiger partial charge in [0.1, 0.15) is 0 Å². The fourth-order valence-corrected chi connectivity index (χ4v) is 4.99. The Bertz CT molecular complexity index is 1200. The molecular formula is C23H17ClN2OS. The molecule has 0 N–H and O–H groups in total. The molecule has 2 aromatic carbocycles. The molecule has 2 aromatic heterocycles. The Morgan fingerprint density at radius 1 is 1.18 bits per heavy atom. The van der Waals surface area contributed by atoms with Crippen LogP contribution in [0.4, 0.5) is 5.69 Å². The predicted octanol–water partition coefficient (Wildman–Crippen LogP) is 5.75. The second kappa shape index (κ2) is 7.04. The number of nitrogens with zero attached hydrogens (tertiary/aromatic N) is 2. The molecule has 3 nitrogen and oxygen atoms in total. The lowest BCUT2D eigenvalue weighted by Crippen LogP contribution is -2.30. The molecule has 1 amide bonds. The average molecular weight is 405 g/mol. The molecule has 0 bridgehead atoms. The minimum Gasteiger partial charge on any atom is -0.312 e. The third-order valence-electron chi connectivity index (χ3n) is 5.21. The molecule has 4 aromatic rings. The van der Waals surface area contributed by atoms with E-state index in [0.717, 1.165) is 24.2 Å². The van der Waals surface area contributed by atoms with Crippen molar-refractivity contribution in [1.82, 2.24) is 4.98 Å². The van der Waals surface area contributed by atoms with Gasteiger partial charge < -0.3 is 4.90 Å². The smallest absolute Gasteiger partial charge is 0.231 e. The zero-order valence-corrected chi connectivity index (χ0v) is 16.6. The molecule has 0 saturated heterocycles. The summed E-state index contributed by atoms with van der Waals surface area (Å²) >= 11 is 7.78. The molecule has 0 atom stereocenters. The second-order valence-electron chi connectivity index (χ2n) is 6.97. The largest absolute Gasteiger partial charge is 0.312 e. The first-order valence-corrected chi connectivity index (χ1v) is 10.4. The third kappa shape index (κ3) is 3.09.